The number of ether oxygens (including phenoxy) is 2. The molecule has 0 aliphatic heterocycles. The minimum atomic E-state index is -4.47. The van der Waals surface area contributed by atoms with Gasteiger partial charge in [0.25, 0.3) is 0 Å². The molecule has 1 heterocycles. The van der Waals surface area contributed by atoms with E-state index in [1.165, 1.54) is 0 Å². The van der Waals surface area contributed by atoms with Gasteiger partial charge in [-0.15, -0.1) is 0 Å². The van der Waals surface area contributed by atoms with Gasteiger partial charge in [0.2, 0.25) is 0 Å². The van der Waals surface area contributed by atoms with Crippen molar-refractivity contribution in [2.24, 2.45) is 0 Å². The van der Waals surface area contributed by atoms with Gasteiger partial charge in [0, 0.05) is 6.54 Å². The third-order valence-corrected chi connectivity index (χ3v) is 3.59. The first-order valence-electron chi connectivity index (χ1n) is 7.99. The van der Waals surface area contributed by atoms with Crippen molar-refractivity contribution in [2.75, 3.05) is 19.0 Å². The number of aromatic nitrogens is 1. The van der Waals surface area contributed by atoms with E-state index in [0.29, 0.717) is 36.6 Å². The number of benzene rings is 1. The number of methoxy groups -OCH3 is 1. The van der Waals surface area contributed by atoms with Gasteiger partial charge in [-0.1, -0.05) is 13.0 Å². The van der Waals surface area contributed by atoms with Crippen molar-refractivity contribution in [1.29, 1.82) is 0 Å². The first-order valence-corrected chi connectivity index (χ1v) is 7.99. The SMILES string of the molecule is CCOc1cc(CNc2cc(CC)cc(C(F)(F)F)n2)ccc1OC. The molecule has 0 bridgehead atoms. The van der Waals surface area contributed by atoms with Gasteiger partial charge < -0.3 is 14.8 Å². The molecule has 1 N–H and O–H groups in total. The number of halogens is 3. The summed E-state index contributed by atoms with van der Waals surface area (Å²) in [5, 5.41) is 2.95. The molecule has 0 atom stereocenters. The van der Waals surface area contributed by atoms with Crippen LogP contribution in [0.15, 0.2) is 30.3 Å². The minimum absolute atomic E-state index is 0.195. The van der Waals surface area contributed by atoms with Crippen molar-refractivity contribution in [3.8, 4) is 11.5 Å². The van der Waals surface area contributed by atoms with Crippen LogP contribution in [-0.4, -0.2) is 18.7 Å². The summed E-state index contributed by atoms with van der Waals surface area (Å²) in [6.45, 7) is 4.48. The summed E-state index contributed by atoms with van der Waals surface area (Å²) in [6.07, 6.45) is -3.97. The van der Waals surface area contributed by atoms with Crippen molar-refractivity contribution in [2.45, 2.75) is 33.0 Å². The van der Waals surface area contributed by atoms with Gasteiger partial charge in [-0.05, 0) is 48.7 Å². The maximum atomic E-state index is 12.9. The molecule has 0 aliphatic carbocycles. The van der Waals surface area contributed by atoms with E-state index < -0.39 is 11.9 Å². The normalized spacial score (nSPS) is 11.3. The molecule has 0 aliphatic rings. The van der Waals surface area contributed by atoms with Gasteiger partial charge in [0.15, 0.2) is 11.5 Å². The summed E-state index contributed by atoms with van der Waals surface area (Å²) >= 11 is 0. The molecular formula is C18H21F3N2O2. The van der Waals surface area contributed by atoms with Crippen LogP contribution in [0, 0.1) is 0 Å². The minimum Gasteiger partial charge on any atom is -0.493 e. The summed E-state index contributed by atoms with van der Waals surface area (Å²) in [5.41, 5.74) is 0.537. The molecule has 0 saturated heterocycles. The number of alkyl halides is 3. The number of aryl methyl sites for hydroxylation is 1. The van der Waals surface area contributed by atoms with Crippen LogP contribution in [0.25, 0.3) is 0 Å². The quantitative estimate of drug-likeness (QED) is 0.784. The highest BCUT2D eigenvalue weighted by Gasteiger charge is 2.33. The van der Waals surface area contributed by atoms with Crippen LogP contribution in [-0.2, 0) is 19.1 Å². The largest absolute Gasteiger partial charge is 0.493 e. The third kappa shape index (κ3) is 5.01. The topological polar surface area (TPSA) is 43.4 Å². The fourth-order valence-corrected chi connectivity index (χ4v) is 2.32. The van der Waals surface area contributed by atoms with Crippen molar-refractivity contribution in [3.05, 3.63) is 47.2 Å². The van der Waals surface area contributed by atoms with Gasteiger partial charge >= 0.3 is 6.18 Å². The maximum absolute atomic E-state index is 12.9. The first-order chi connectivity index (χ1) is 11.9. The molecule has 0 saturated carbocycles. The number of pyridine rings is 1. The Bertz CT molecular complexity index is 718. The zero-order valence-electron chi connectivity index (χ0n) is 14.4. The molecule has 2 aromatic rings. The van der Waals surface area contributed by atoms with Crippen LogP contribution in [0.4, 0.5) is 19.0 Å². The maximum Gasteiger partial charge on any atom is 0.433 e. The van der Waals surface area contributed by atoms with E-state index in [1.54, 1.807) is 32.2 Å². The molecular weight excluding hydrogens is 333 g/mol. The van der Waals surface area contributed by atoms with Gasteiger partial charge in [-0.3, -0.25) is 0 Å². The average Bonchev–Trinajstić information content (AvgIpc) is 2.59. The first kappa shape index (κ1) is 18.9. The molecule has 0 amide bonds. The third-order valence-electron chi connectivity index (χ3n) is 3.59. The molecule has 0 unspecified atom stereocenters. The molecule has 0 fully saturated rings. The highest BCUT2D eigenvalue weighted by molar-refractivity contribution is 5.45. The zero-order valence-corrected chi connectivity index (χ0v) is 14.4. The monoisotopic (exact) mass is 354 g/mol. The lowest BCUT2D eigenvalue weighted by Gasteiger charge is -2.14. The summed E-state index contributed by atoms with van der Waals surface area (Å²) in [6, 6.07) is 8.08. The Hall–Kier alpha value is -2.44. The fraction of sp³-hybridized carbons (Fsp3) is 0.389. The molecule has 0 spiro atoms. The lowest BCUT2D eigenvalue weighted by atomic mass is 10.1. The second kappa shape index (κ2) is 8.09. The molecule has 1 aromatic carbocycles. The van der Waals surface area contributed by atoms with E-state index in [2.05, 4.69) is 10.3 Å². The number of hydrogen-bond acceptors (Lipinski definition) is 4. The van der Waals surface area contributed by atoms with Gasteiger partial charge in [0.1, 0.15) is 11.5 Å². The predicted octanol–water partition coefficient (Wildman–Crippen LogP) is 4.68. The summed E-state index contributed by atoms with van der Waals surface area (Å²) in [7, 11) is 1.55. The lowest BCUT2D eigenvalue weighted by Crippen LogP contribution is -2.11. The standard InChI is InChI=1S/C18H21F3N2O2/c1-4-12-9-16(18(19,20)21)23-17(10-12)22-11-13-6-7-14(24-3)15(8-13)25-5-2/h6-10H,4-5,11H2,1-3H3,(H,22,23). The molecule has 136 valence electrons. The summed E-state index contributed by atoms with van der Waals surface area (Å²) < 4.78 is 49.6. The van der Waals surface area contributed by atoms with Crippen LogP contribution in [0.2, 0.25) is 0 Å². The van der Waals surface area contributed by atoms with E-state index in [9.17, 15) is 13.2 Å². The van der Waals surface area contributed by atoms with Crippen molar-refractivity contribution in [3.63, 3.8) is 0 Å². The molecule has 0 radical (unpaired) electrons. The zero-order chi connectivity index (χ0) is 18.4. The van der Waals surface area contributed by atoms with Gasteiger partial charge in [0.05, 0.1) is 13.7 Å². The Morgan fingerprint density at radius 1 is 1.04 bits per heavy atom. The fourth-order valence-electron chi connectivity index (χ4n) is 2.32. The Kier molecular flexibility index (Phi) is 6.12. The van der Waals surface area contributed by atoms with E-state index in [0.717, 1.165) is 11.6 Å². The smallest absolute Gasteiger partial charge is 0.433 e. The van der Waals surface area contributed by atoms with Crippen LogP contribution in [0.5, 0.6) is 11.5 Å². The van der Waals surface area contributed by atoms with Crippen LogP contribution in [0.1, 0.15) is 30.7 Å². The number of anilines is 1. The Labute approximate surface area is 145 Å². The van der Waals surface area contributed by atoms with Crippen molar-refractivity contribution >= 4 is 5.82 Å². The van der Waals surface area contributed by atoms with Crippen LogP contribution in [0.3, 0.4) is 0 Å². The Balaban J connectivity index is 2.19. The van der Waals surface area contributed by atoms with Crippen molar-refractivity contribution < 1.29 is 22.6 Å². The van der Waals surface area contributed by atoms with Gasteiger partial charge in [-0.25, -0.2) is 4.98 Å². The highest BCUT2D eigenvalue weighted by Crippen LogP contribution is 2.30. The molecule has 1 aromatic heterocycles. The van der Waals surface area contributed by atoms with Crippen LogP contribution >= 0.6 is 0 Å². The second-order valence-electron chi connectivity index (χ2n) is 5.37. The summed E-state index contributed by atoms with van der Waals surface area (Å²) in [5.74, 6) is 1.40. The average molecular weight is 354 g/mol. The predicted molar refractivity (Wildman–Crippen MR) is 90.1 cm³/mol. The van der Waals surface area contributed by atoms with E-state index in [-0.39, 0.29) is 5.82 Å². The summed E-state index contributed by atoms with van der Waals surface area (Å²) in [4.78, 5) is 3.67. The van der Waals surface area contributed by atoms with Gasteiger partial charge in [-0.2, -0.15) is 13.2 Å². The lowest BCUT2D eigenvalue weighted by molar-refractivity contribution is -0.141. The molecule has 25 heavy (non-hydrogen) atoms. The molecule has 2 rings (SSSR count). The second-order valence-corrected chi connectivity index (χ2v) is 5.37. The molecule has 4 nitrogen and oxygen atoms in total. The van der Waals surface area contributed by atoms with Crippen LogP contribution < -0.4 is 14.8 Å². The highest BCUT2D eigenvalue weighted by atomic mass is 19.4. The number of nitrogens with zero attached hydrogens (tertiary/aromatic N) is 1. The van der Waals surface area contributed by atoms with E-state index in [4.69, 9.17) is 9.47 Å². The van der Waals surface area contributed by atoms with Crippen molar-refractivity contribution in [1.82, 2.24) is 4.98 Å². The number of nitrogens with one attached hydrogen (secondary N) is 1. The van der Waals surface area contributed by atoms with E-state index in [1.807, 2.05) is 13.0 Å². The number of rotatable bonds is 7. The number of hydrogen-bond donors (Lipinski definition) is 1. The Morgan fingerprint density at radius 2 is 1.80 bits per heavy atom. The molecule has 7 heteroatoms. The Morgan fingerprint density at radius 3 is 2.40 bits per heavy atom. The van der Waals surface area contributed by atoms with E-state index >= 15 is 0 Å².